The molecule has 0 aliphatic heterocycles. The molecule has 0 amide bonds. The van der Waals surface area contributed by atoms with Gasteiger partial charge in [0.25, 0.3) is 0 Å². The number of carbonyl (C=O) groups excluding carboxylic acids is 1. The maximum Gasteiger partial charge on any atom is 0.324 e. The molecule has 2 rings (SSSR count). The van der Waals surface area contributed by atoms with Crippen LogP contribution in [0.1, 0.15) is 15.9 Å². The summed E-state index contributed by atoms with van der Waals surface area (Å²) in [6, 6.07) is 5.99. The number of nitrogens with zero attached hydrogens (tertiary/aromatic N) is 1. The fourth-order valence-corrected chi connectivity index (χ4v) is 2.43. The van der Waals surface area contributed by atoms with Crippen LogP contribution < -0.4 is 0 Å². The first-order valence-electron chi connectivity index (χ1n) is 5.38. The van der Waals surface area contributed by atoms with Crippen molar-refractivity contribution >= 4 is 51.4 Å². The highest BCUT2D eigenvalue weighted by atomic mass is 35.5. The number of halogens is 2. The van der Waals surface area contributed by atoms with Gasteiger partial charge in [-0.05, 0) is 35.9 Å². The monoisotopic (exact) mass is 327 g/mol. The second-order valence-electron chi connectivity index (χ2n) is 3.80. The van der Waals surface area contributed by atoms with Gasteiger partial charge in [-0.15, -0.1) is 0 Å². The predicted molar refractivity (Wildman–Crippen MR) is 80.8 cm³/mol. The van der Waals surface area contributed by atoms with Crippen molar-refractivity contribution in [1.82, 2.24) is 0 Å². The summed E-state index contributed by atoms with van der Waals surface area (Å²) < 4.78 is 0. The molecule has 20 heavy (non-hydrogen) atoms. The molecule has 0 radical (unpaired) electrons. The summed E-state index contributed by atoms with van der Waals surface area (Å²) in [5.74, 6) is -0.252. The first-order valence-corrected chi connectivity index (χ1v) is 7.01. The third-order valence-corrected chi connectivity index (χ3v) is 4.05. The van der Waals surface area contributed by atoms with E-state index >= 15 is 0 Å². The summed E-state index contributed by atoms with van der Waals surface area (Å²) in [7, 11) is 0. The molecule has 2 aromatic rings. The fraction of sp³-hybridized carbons (Fsp3) is 0. The Morgan fingerprint density at radius 3 is 2.60 bits per heavy atom. The van der Waals surface area contributed by atoms with Crippen LogP contribution in [-0.2, 0) is 0 Å². The Labute approximate surface area is 128 Å². The summed E-state index contributed by atoms with van der Waals surface area (Å²) in [4.78, 5) is 22.0. The molecule has 0 fully saturated rings. The topological polar surface area (TPSA) is 60.2 Å². The largest absolute Gasteiger partial charge is 0.324 e. The lowest BCUT2D eigenvalue weighted by molar-refractivity contribution is -0.380. The summed E-state index contributed by atoms with van der Waals surface area (Å²) in [5, 5.41) is 12.9. The minimum absolute atomic E-state index is 0.0339. The smallest absolute Gasteiger partial charge is 0.289 e. The zero-order valence-corrected chi connectivity index (χ0v) is 12.2. The fourth-order valence-electron chi connectivity index (χ4n) is 1.44. The van der Waals surface area contributed by atoms with E-state index in [1.165, 1.54) is 24.3 Å². The molecule has 1 aromatic carbocycles. The molecule has 0 saturated heterocycles. The number of ketones is 1. The van der Waals surface area contributed by atoms with Crippen molar-refractivity contribution in [3.63, 3.8) is 0 Å². The van der Waals surface area contributed by atoms with E-state index in [0.717, 1.165) is 11.3 Å². The molecular weight excluding hydrogens is 321 g/mol. The molecular formula is C13H7Cl2NO3S. The van der Waals surface area contributed by atoms with Crippen LogP contribution in [0, 0.1) is 10.1 Å². The van der Waals surface area contributed by atoms with Gasteiger partial charge in [0.05, 0.1) is 15.0 Å². The van der Waals surface area contributed by atoms with E-state index in [1.54, 1.807) is 17.5 Å². The summed E-state index contributed by atoms with van der Waals surface area (Å²) in [5.41, 5.74) is 1.01. The molecule has 0 unspecified atom stereocenters. The van der Waals surface area contributed by atoms with Gasteiger partial charge in [0.15, 0.2) is 5.78 Å². The summed E-state index contributed by atoms with van der Waals surface area (Å²) >= 11 is 12.6. The number of hydrogen-bond acceptors (Lipinski definition) is 4. The molecule has 0 saturated carbocycles. The average Bonchev–Trinajstić information content (AvgIpc) is 2.88. The molecule has 0 atom stereocenters. The van der Waals surface area contributed by atoms with Crippen LogP contribution in [0.3, 0.4) is 0 Å². The van der Waals surface area contributed by atoms with Crippen molar-refractivity contribution in [2.45, 2.75) is 0 Å². The third-order valence-electron chi connectivity index (χ3n) is 2.42. The summed E-state index contributed by atoms with van der Waals surface area (Å²) in [6.45, 7) is 0. The van der Waals surface area contributed by atoms with E-state index in [1.807, 2.05) is 0 Å². The van der Waals surface area contributed by atoms with Crippen molar-refractivity contribution < 1.29 is 9.72 Å². The number of carbonyl (C=O) groups is 1. The first-order chi connectivity index (χ1) is 9.47. The van der Waals surface area contributed by atoms with Gasteiger partial charge in [0.2, 0.25) is 0 Å². The normalized spacial score (nSPS) is 10.9. The van der Waals surface area contributed by atoms with Crippen LogP contribution in [0.25, 0.3) is 6.08 Å². The van der Waals surface area contributed by atoms with Gasteiger partial charge < -0.3 is 0 Å². The van der Waals surface area contributed by atoms with Crippen molar-refractivity contribution in [3.05, 3.63) is 67.0 Å². The minimum atomic E-state index is -0.469. The van der Waals surface area contributed by atoms with Crippen molar-refractivity contribution in [2.24, 2.45) is 0 Å². The van der Waals surface area contributed by atoms with E-state index < -0.39 is 4.92 Å². The van der Waals surface area contributed by atoms with Crippen LogP contribution in [0.4, 0.5) is 5.00 Å². The van der Waals surface area contributed by atoms with Crippen molar-refractivity contribution in [3.8, 4) is 0 Å². The second-order valence-corrected chi connectivity index (χ2v) is 5.51. The molecule has 0 aliphatic rings. The standard InChI is InChI=1S/C13H7Cl2NO3S/c14-10-3-2-9(6-11(10)15)12(17)4-1-8-5-13(16(18)19)20-7-8/h1-7H/b4-1+. The van der Waals surface area contributed by atoms with Gasteiger partial charge in [-0.2, -0.15) is 0 Å². The molecule has 102 valence electrons. The van der Waals surface area contributed by atoms with E-state index in [4.69, 9.17) is 23.2 Å². The highest BCUT2D eigenvalue weighted by Crippen LogP contribution is 2.25. The average molecular weight is 328 g/mol. The lowest BCUT2D eigenvalue weighted by Crippen LogP contribution is -1.93. The number of hydrogen-bond donors (Lipinski definition) is 0. The second kappa shape index (κ2) is 6.17. The zero-order chi connectivity index (χ0) is 14.7. The molecule has 1 heterocycles. The van der Waals surface area contributed by atoms with Crippen LogP contribution in [-0.4, -0.2) is 10.7 Å². The Morgan fingerprint density at radius 1 is 1.25 bits per heavy atom. The maximum atomic E-state index is 11.9. The van der Waals surface area contributed by atoms with E-state index in [9.17, 15) is 14.9 Å². The van der Waals surface area contributed by atoms with Crippen LogP contribution in [0.2, 0.25) is 10.0 Å². The van der Waals surface area contributed by atoms with Gasteiger partial charge >= 0.3 is 5.00 Å². The lowest BCUT2D eigenvalue weighted by atomic mass is 10.1. The van der Waals surface area contributed by atoms with Gasteiger partial charge in [0.1, 0.15) is 0 Å². The molecule has 0 N–H and O–H groups in total. The Bertz CT molecular complexity index is 709. The van der Waals surface area contributed by atoms with Gasteiger partial charge in [-0.1, -0.05) is 34.5 Å². The van der Waals surface area contributed by atoms with Crippen LogP contribution in [0.5, 0.6) is 0 Å². The van der Waals surface area contributed by atoms with E-state index in [-0.39, 0.29) is 10.8 Å². The molecule has 4 nitrogen and oxygen atoms in total. The quantitative estimate of drug-likeness (QED) is 0.348. The highest BCUT2D eigenvalue weighted by Gasteiger charge is 2.09. The SMILES string of the molecule is O=C(/C=C/c1csc([N+](=O)[O-])c1)c1ccc(Cl)c(Cl)c1. The minimum Gasteiger partial charge on any atom is -0.289 e. The number of benzene rings is 1. The van der Waals surface area contributed by atoms with Gasteiger partial charge in [0, 0.05) is 17.0 Å². The zero-order valence-electron chi connectivity index (χ0n) is 9.88. The number of thiophene rings is 1. The Balaban J connectivity index is 2.15. The highest BCUT2D eigenvalue weighted by molar-refractivity contribution is 7.13. The number of allylic oxidation sites excluding steroid dienone is 1. The Morgan fingerprint density at radius 2 is 2.00 bits per heavy atom. The third kappa shape index (κ3) is 3.45. The van der Waals surface area contributed by atoms with Gasteiger partial charge in [-0.3, -0.25) is 14.9 Å². The summed E-state index contributed by atoms with van der Waals surface area (Å²) in [6.07, 6.45) is 2.86. The molecule has 0 aliphatic carbocycles. The predicted octanol–water partition coefficient (Wildman–Crippen LogP) is 4.86. The van der Waals surface area contributed by atoms with Crippen LogP contribution >= 0.6 is 34.5 Å². The number of rotatable bonds is 4. The first kappa shape index (κ1) is 14.7. The Kier molecular flexibility index (Phi) is 4.54. The molecule has 0 bridgehead atoms. The van der Waals surface area contributed by atoms with Crippen LogP contribution in [0.15, 0.2) is 35.7 Å². The molecule has 0 spiro atoms. The lowest BCUT2D eigenvalue weighted by Gasteiger charge is -1.98. The maximum absolute atomic E-state index is 11.9. The van der Waals surface area contributed by atoms with Gasteiger partial charge in [-0.25, -0.2) is 0 Å². The molecule has 1 aromatic heterocycles. The van der Waals surface area contributed by atoms with E-state index in [2.05, 4.69) is 0 Å². The van der Waals surface area contributed by atoms with Crippen molar-refractivity contribution in [1.29, 1.82) is 0 Å². The van der Waals surface area contributed by atoms with Crippen molar-refractivity contribution in [2.75, 3.05) is 0 Å². The van der Waals surface area contributed by atoms with E-state index in [0.29, 0.717) is 21.2 Å². The molecule has 7 heteroatoms. The number of nitro groups is 1. The Hall–Kier alpha value is -1.69.